The van der Waals surface area contributed by atoms with E-state index in [0.717, 1.165) is 11.4 Å². The van der Waals surface area contributed by atoms with Gasteiger partial charge in [-0.05, 0) is 24.6 Å². The van der Waals surface area contributed by atoms with E-state index in [1.54, 1.807) is 0 Å². The van der Waals surface area contributed by atoms with Crippen molar-refractivity contribution in [2.24, 2.45) is 5.41 Å². The molecule has 0 amide bonds. The van der Waals surface area contributed by atoms with Crippen LogP contribution in [0.15, 0.2) is 0 Å². The molecule has 3 heteroatoms. The molecule has 78 valence electrons. The van der Waals surface area contributed by atoms with E-state index in [1.165, 1.54) is 24.5 Å². The molecule has 1 unspecified atom stereocenters. The largest absolute Gasteiger partial charge is 0.302 e. The van der Waals surface area contributed by atoms with Crippen molar-refractivity contribution in [3.05, 3.63) is 0 Å². The molecule has 1 saturated heterocycles. The maximum atomic E-state index is 3.58. The Kier molecular flexibility index (Phi) is 4.59. The van der Waals surface area contributed by atoms with E-state index in [-0.39, 0.29) is 0 Å². The van der Waals surface area contributed by atoms with E-state index in [2.05, 4.69) is 53.5 Å². The number of hydrogen-bond donors (Lipinski definition) is 0. The van der Waals surface area contributed by atoms with E-state index in [4.69, 9.17) is 0 Å². The van der Waals surface area contributed by atoms with Crippen LogP contribution in [0.5, 0.6) is 0 Å². The van der Waals surface area contributed by atoms with Gasteiger partial charge < -0.3 is 4.90 Å². The van der Waals surface area contributed by atoms with Gasteiger partial charge in [0, 0.05) is 23.7 Å². The van der Waals surface area contributed by atoms with Gasteiger partial charge in [-0.3, -0.25) is 0 Å². The quantitative estimate of drug-likeness (QED) is 0.720. The van der Waals surface area contributed by atoms with Gasteiger partial charge in [-0.15, -0.1) is 0 Å². The average Bonchev–Trinajstić information content (AvgIpc) is 2.55. The number of nitrogens with zero attached hydrogens (tertiary/aromatic N) is 1. The Labute approximate surface area is 94.8 Å². The smallest absolute Gasteiger partial charge is 0.0191 e. The molecule has 0 aromatic rings. The molecule has 0 aliphatic carbocycles. The standard InChI is InChI=1S/C10H20BrNS/c1-10(2,7-11)8-12(3)9-4-5-13-6-9/h9H,4-8H2,1-3H3. The normalized spacial score (nSPS) is 24.2. The third-order valence-corrected chi connectivity index (χ3v) is 5.23. The zero-order valence-corrected chi connectivity index (χ0v) is 11.2. The minimum atomic E-state index is 0.405. The monoisotopic (exact) mass is 265 g/mol. The minimum Gasteiger partial charge on any atom is -0.302 e. The highest BCUT2D eigenvalue weighted by Gasteiger charge is 2.25. The Morgan fingerprint density at radius 2 is 2.23 bits per heavy atom. The molecule has 0 radical (unpaired) electrons. The molecule has 1 nitrogen and oxygen atoms in total. The lowest BCUT2D eigenvalue weighted by Gasteiger charge is -2.32. The Morgan fingerprint density at radius 3 is 2.69 bits per heavy atom. The summed E-state index contributed by atoms with van der Waals surface area (Å²) in [5, 5.41) is 1.09. The van der Waals surface area contributed by atoms with Crippen LogP contribution >= 0.6 is 27.7 Å². The Bertz CT molecular complexity index is 155. The lowest BCUT2D eigenvalue weighted by molar-refractivity contribution is 0.188. The van der Waals surface area contributed by atoms with Gasteiger partial charge in [-0.1, -0.05) is 29.8 Å². The van der Waals surface area contributed by atoms with Gasteiger partial charge in [0.15, 0.2) is 0 Å². The number of halogens is 1. The first-order valence-corrected chi connectivity index (χ1v) is 7.17. The second-order valence-corrected chi connectivity index (χ2v) is 6.44. The van der Waals surface area contributed by atoms with Crippen molar-refractivity contribution in [1.29, 1.82) is 0 Å². The van der Waals surface area contributed by atoms with E-state index < -0.39 is 0 Å². The third-order valence-electron chi connectivity index (χ3n) is 2.57. The van der Waals surface area contributed by atoms with Gasteiger partial charge in [0.25, 0.3) is 0 Å². The second-order valence-electron chi connectivity index (χ2n) is 4.73. The van der Waals surface area contributed by atoms with Crippen molar-refractivity contribution in [3.63, 3.8) is 0 Å². The van der Waals surface area contributed by atoms with Crippen molar-refractivity contribution < 1.29 is 0 Å². The lowest BCUT2D eigenvalue weighted by Crippen LogP contribution is -2.39. The lowest BCUT2D eigenvalue weighted by atomic mass is 9.95. The highest BCUT2D eigenvalue weighted by atomic mass is 79.9. The fraction of sp³-hybridized carbons (Fsp3) is 1.00. The summed E-state index contributed by atoms with van der Waals surface area (Å²) in [5.41, 5.74) is 0.405. The summed E-state index contributed by atoms with van der Waals surface area (Å²) in [7, 11) is 2.26. The number of rotatable bonds is 4. The molecule has 0 N–H and O–H groups in total. The van der Waals surface area contributed by atoms with Crippen molar-refractivity contribution in [1.82, 2.24) is 4.90 Å². The Balaban J connectivity index is 2.35. The first-order valence-electron chi connectivity index (χ1n) is 4.89. The minimum absolute atomic E-state index is 0.405. The molecule has 0 spiro atoms. The summed E-state index contributed by atoms with van der Waals surface area (Å²) in [6.07, 6.45) is 1.37. The fourth-order valence-electron chi connectivity index (χ4n) is 1.72. The van der Waals surface area contributed by atoms with Crippen molar-refractivity contribution in [3.8, 4) is 0 Å². The second kappa shape index (κ2) is 5.04. The molecule has 13 heavy (non-hydrogen) atoms. The molecule has 0 aromatic carbocycles. The fourth-order valence-corrected chi connectivity index (χ4v) is 3.19. The van der Waals surface area contributed by atoms with Crippen LogP contribution in [0.2, 0.25) is 0 Å². The SMILES string of the molecule is CN(CC(C)(C)CBr)C1CCSC1. The van der Waals surface area contributed by atoms with Gasteiger partial charge in [0.05, 0.1) is 0 Å². The van der Waals surface area contributed by atoms with Gasteiger partial charge in [-0.2, -0.15) is 11.8 Å². The molecular weight excluding hydrogens is 246 g/mol. The molecule has 0 bridgehead atoms. The van der Waals surface area contributed by atoms with Gasteiger partial charge in [-0.25, -0.2) is 0 Å². The number of hydrogen-bond acceptors (Lipinski definition) is 2. The van der Waals surface area contributed by atoms with Gasteiger partial charge in [0.2, 0.25) is 0 Å². The topological polar surface area (TPSA) is 3.24 Å². The summed E-state index contributed by atoms with van der Waals surface area (Å²) in [4.78, 5) is 2.53. The summed E-state index contributed by atoms with van der Waals surface area (Å²) in [6.45, 7) is 5.84. The van der Waals surface area contributed by atoms with Crippen LogP contribution in [0.25, 0.3) is 0 Å². The first kappa shape index (κ1) is 11.9. The molecular formula is C10H20BrNS. The zero-order chi connectivity index (χ0) is 9.90. The van der Waals surface area contributed by atoms with Crippen LogP contribution in [-0.2, 0) is 0 Å². The molecule has 1 rings (SSSR count). The molecule has 1 aliphatic heterocycles. The van der Waals surface area contributed by atoms with E-state index in [9.17, 15) is 0 Å². The molecule has 1 heterocycles. The van der Waals surface area contributed by atoms with Crippen LogP contribution in [0.3, 0.4) is 0 Å². The molecule has 1 aliphatic rings. The summed E-state index contributed by atoms with van der Waals surface area (Å²) >= 11 is 5.67. The highest BCUT2D eigenvalue weighted by Crippen LogP contribution is 2.25. The van der Waals surface area contributed by atoms with E-state index >= 15 is 0 Å². The first-order chi connectivity index (χ1) is 6.05. The molecule has 0 saturated carbocycles. The van der Waals surface area contributed by atoms with Crippen molar-refractivity contribution in [2.45, 2.75) is 26.3 Å². The number of thioether (sulfide) groups is 1. The summed E-state index contributed by atoms with van der Waals surface area (Å²) in [6, 6.07) is 0.823. The maximum Gasteiger partial charge on any atom is 0.0191 e. The van der Waals surface area contributed by atoms with Gasteiger partial charge >= 0.3 is 0 Å². The van der Waals surface area contributed by atoms with Crippen LogP contribution in [0.4, 0.5) is 0 Å². The molecule has 1 atom stereocenters. The average molecular weight is 266 g/mol. The van der Waals surface area contributed by atoms with Crippen molar-refractivity contribution >= 4 is 27.7 Å². The molecule has 1 fully saturated rings. The zero-order valence-electron chi connectivity index (χ0n) is 8.85. The Hall–Kier alpha value is 0.790. The van der Waals surface area contributed by atoms with Gasteiger partial charge in [0.1, 0.15) is 0 Å². The maximum absolute atomic E-state index is 3.58. The Morgan fingerprint density at radius 1 is 1.54 bits per heavy atom. The number of alkyl halides is 1. The van der Waals surface area contributed by atoms with Crippen LogP contribution in [-0.4, -0.2) is 41.4 Å². The third kappa shape index (κ3) is 3.80. The predicted octanol–water partition coefficient (Wildman–Crippen LogP) is 2.84. The van der Waals surface area contributed by atoms with Crippen LogP contribution < -0.4 is 0 Å². The van der Waals surface area contributed by atoms with Crippen LogP contribution in [0, 0.1) is 5.41 Å². The van der Waals surface area contributed by atoms with Crippen LogP contribution in [0.1, 0.15) is 20.3 Å². The highest BCUT2D eigenvalue weighted by molar-refractivity contribution is 9.09. The predicted molar refractivity (Wildman–Crippen MR) is 65.9 cm³/mol. The summed E-state index contributed by atoms with van der Waals surface area (Å²) in [5.74, 6) is 2.68. The van der Waals surface area contributed by atoms with E-state index in [0.29, 0.717) is 5.41 Å². The summed E-state index contributed by atoms with van der Waals surface area (Å²) < 4.78 is 0. The van der Waals surface area contributed by atoms with E-state index in [1.807, 2.05) is 0 Å². The molecule has 0 aromatic heterocycles. The van der Waals surface area contributed by atoms with Crippen molar-refractivity contribution in [2.75, 3.05) is 30.4 Å².